The Morgan fingerprint density at radius 1 is 1.33 bits per heavy atom. The Bertz CT molecular complexity index is 365. The van der Waals surface area contributed by atoms with Crippen molar-refractivity contribution in [1.82, 2.24) is 5.32 Å². The van der Waals surface area contributed by atoms with Crippen LogP contribution in [0.3, 0.4) is 0 Å². The molecule has 1 N–H and O–H groups in total. The minimum Gasteiger partial charge on any atom is -0.462 e. The number of furan rings is 1. The fraction of sp³-hybridized carbons (Fsp3) is 0.733. The molecule has 0 radical (unpaired) electrons. The molecule has 1 saturated carbocycles. The van der Waals surface area contributed by atoms with Gasteiger partial charge in [0, 0.05) is 0 Å². The summed E-state index contributed by atoms with van der Waals surface area (Å²) in [6, 6.07) is 2.10. The van der Waals surface area contributed by atoms with Gasteiger partial charge in [-0.3, -0.25) is 0 Å². The number of rotatable bonds is 5. The standard InChI is InChI=1S/C15H25NO2/c1-11-4-6-13(7-5-11)17-10-14-8-12(2)15(18-14)9-16-3/h8,11,13,16H,4-7,9-10H2,1-3H3. The fourth-order valence-electron chi connectivity index (χ4n) is 2.59. The van der Waals surface area contributed by atoms with Gasteiger partial charge >= 0.3 is 0 Å². The largest absolute Gasteiger partial charge is 0.462 e. The van der Waals surface area contributed by atoms with Crippen LogP contribution in [0.5, 0.6) is 0 Å². The molecular formula is C15H25NO2. The lowest BCUT2D eigenvalue weighted by Crippen LogP contribution is -2.20. The summed E-state index contributed by atoms with van der Waals surface area (Å²) in [5.74, 6) is 2.85. The lowest BCUT2D eigenvalue weighted by molar-refractivity contribution is 0.000904. The predicted molar refractivity (Wildman–Crippen MR) is 72.4 cm³/mol. The van der Waals surface area contributed by atoms with Crippen LogP contribution < -0.4 is 5.32 Å². The van der Waals surface area contributed by atoms with Gasteiger partial charge < -0.3 is 14.5 Å². The van der Waals surface area contributed by atoms with E-state index in [1.165, 1.54) is 31.2 Å². The number of hydrogen-bond donors (Lipinski definition) is 1. The summed E-state index contributed by atoms with van der Waals surface area (Å²) in [4.78, 5) is 0. The highest BCUT2D eigenvalue weighted by molar-refractivity contribution is 5.19. The van der Waals surface area contributed by atoms with Crippen molar-refractivity contribution in [3.05, 3.63) is 23.2 Å². The van der Waals surface area contributed by atoms with Gasteiger partial charge in [-0.05, 0) is 57.2 Å². The van der Waals surface area contributed by atoms with Gasteiger partial charge in [0.15, 0.2) is 0 Å². The summed E-state index contributed by atoms with van der Waals surface area (Å²) in [5, 5.41) is 3.11. The first-order chi connectivity index (χ1) is 8.69. The van der Waals surface area contributed by atoms with Crippen molar-refractivity contribution < 1.29 is 9.15 Å². The van der Waals surface area contributed by atoms with Crippen LogP contribution >= 0.6 is 0 Å². The van der Waals surface area contributed by atoms with Crippen molar-refractivity contribution in [3.8, 4) is 0 Å². The number of aryl methyl sites for hydroxylation is 1. The lowest BCUT2D eigenvalue weighted by atomic mass is 9.89. The zero-order chi connectivity index (χ0) is 13.0. The van der Waals surface area contributed by atoms with Crippen molar-refractivity contribution in [2.24, 2.45) is 5.92 Å². The van der Waals surface area contributed by atoms with Crippen LogP contribution in [-0.4, -0.2) is 13.2 Å². The monoisotopic (exact) mass is 251 g/mol. The second-order valence-corrected chi connectivity index (χ2v) is 5.54. The van der Waals surface area contributed by atoms with Gasteiger partial charge in [0.2, 0.25) is 0 Å². The average molecular weight is 251 g/mol. The zero-order valence-corrected chi connectivity index (χ0v) is 11.8. The van der Waals surface area contributed by atoms with E-state index in [1.807, 2.05) is 7.05 Å². The van der Waals surface area contributed by atoms with Crippen LogP contribution in [0, 0.1) is 12.8 Å². The molecule has 1 aliphatic rings. The SMILES string of the molecule is CNCc1oc(COC2CCC(C)CC2)cc1C. The zero-order valence-electron chi connectivity index (χ0n) is 11.8. The van der Waals surface area contributed by atoms with Crippen molar-refractivity contribution in [2.45, 2.75) is 58.8 Å². The molecule has 18 heavy (non-hydrogen) atoms. The molecule has 102 valence electrons. The smallest absolute Gasteiger partial charge is 0.130 e. The van der Waals surface area contributed by atoms with E-state index in [-0.39, 0.29) is 0 Å². The molecule has 0 aliphatic heterocycles. The van der Waals surface area contributed by atoms with Crippen molar-refractivity contribution in [1.29, 1.82) is 0 Å². The van der Waals surface area contributed by atoms with Crippen molar-refractivity contribution >= 4 is 0 Å². The maximum absolute atomic E-state index is 5.95. The summed E-state index contributed by atoms with van der Waals surface area (Å²) in [6.45, 7) is 5.81. The van der Waals surface area contributed by atoms with Gasteiger partial charge in [-0.15, -0.1) is 0 Å². The van der Waals surface area contributed by atoms with Gasteiger partial charge in [0.1, 0.15) is 18.1 Å². The molecule has 2 rings (SSSR count). The van der Waals surface area contributed by atoms with Gasteiger partial charge in [0.25, 0.3) is 0 Å². The van der Waals surface area contributed by atoms with Crippen molar-refractivity contribution in [3.63, 3.8) is 0 Å². The number of nitrogens with one attached hydrogen (secondary N) is 1. The van der Waals surface area contributed by atoms with E-state index in [0.717, 1.165) is 24.0 Å². The first kappa shape index (κ1) is 13.6. The maximum Gasteiger partial charge on any atom is 0.130 e. The molecule has 1 heterocycles. The fourth-order valence-corrected chi connectivity index (χ4v) is 2.59. The van der Waals surface area contributed by atoms with Crippen LogP contribution in [0.4, 0.5) is 0 Å². The van der Waals surface area contributed by atoms with E-state index < -0.39 is 0 Å². The molecule has 1 aromatic heterocycles. The molecule has 1 fully saturated rings. The Kier molecular flexibility index (Phi) is 4.84. The summed E-state index contributed by atoms with van der Waals surface area (Å²) < 4.78 is 11.7. The molecule has 0 spiro atoms. The Labute approximate surface area is 110 Å². The average Bonchev–Trinajstić information content (AvgIpc) is 2.70. The van der Waals surface area contributed by atoms with E-state index in [1.54, 1.807) is 0 Å². The van der Waals surface area contributed by atoms with Crippen LogP contribution in [0.15, 0.2) is 10.5 Å². The summed E-state index contributed by atoms with van der Waals surface area (Å²) >= 11 is 0. The Morgan fingerprint density at radius 3 is 2.72 bits per heavy atom. The number of ether oxygens (including phenoxy) is 1. The van der Waals surface area contributed by atoms with E-state index in [9.17, 15) is 0 Å². The highest BCUT2D eigenvalue weighted by Crippen LogP contribution is 2.26. The third-order valence-corrected chi connectivity index (χ3v) is 3.83. The first-order valence-electron chi connectivity index (χ1n) is 7.03. The highest BCUT2D eigenvalue weighted by atomic mass is 16.5. The normalized spacial score (nSPS) is 24.4. The minimum atomic E-state index is 0.430. The second-order valence-electron chi connectivity index (χ2n) is 5.54. The highest BCUT2D eigenvalue weighted by Gasteiger charge is 2.19. The summed E-state index contributed by atoms with van der Waals surface area (Å²) in [5.41, 5.74) is 1.21. The van der Waals surface area contributed by atoms with Crippen LogP contribution in [0.1, 0.15) is 49.7 Å². The lowest BCUT2D eigenvalue weighted by Gasteiger charge is -2.25. The molecule has 0 aromatic carbocycles. The van der Waals surface area contributed by atoms with E-state index in [2.05, 4.69) is 25.2 Å². The molecular weight excluding hydrogens is 226 g/mol. The van der Waals surface area contributed by atoms with E-state index in [4.69, 9.17) is 9.15 Å². The number of hydrogen-bond acceptors (Lipinski definition) is 3. The third-order valence-electron chi connectivity index (χ3n) is 3.83. The topological polar surface area (TPSA) is 34.4 Å². The molecule has 1 aromatic rings. The van der Waals surface area contributed by atoms with E-state index in [0.29, 0.717) is 12.7 Å². The molecule has 0 bridgehead atoms. The van der Waals surface area contributed by atoms with Gasteiger partial charge in [0.05, 0.1) is 12.6 Å². The molecule has 0 saturated heterocycles. The van der Waals surface area contributed by atoms with Gasteiger partial charge in [-0.25, -0.2) is 0 Å². The quantitative estimate of drug-likeness (QED) is 0.871. The van der Waals surface area contributed by atoms with Crippen LogP contribution in [0.25, 0.3) is 0 Å². The molecule has 3 nitrogen and oxygen atoms in total. The van der Waals surface area contributed by atoms with Crippen LogP contribution in [-0.2, 0) is 17.9 Å². The van der Waals surface area contributed by atoms with E-state index >= 15 is 0 Å². The summed E-state index contributed by atoms with van der Waals surface area (Å²) in [7, 11) is 1.93. The van der Waals surface area contributed by atoms with Gasteiger partial charge in [-0.2, -0.15) is 0 Å². The predicted octanol–water partition coefficient (Wildman–Crippen LogP) is 3.40. The molecule has 1 aliphatic carbocycles. The summed E-state index contributed by atoms with van der Waals surface area (Å²) in [6.07, 6.45) is 5.42. The molecule has 0 amide bonds. The Balaban J connectivity index is 1.81. The van der Waals surface area contributed by atoms with Gasteiger partial charge in [-0.1, -0.05) is 6.92 Å². The Morgan fingerprint density at radius 2 is 2.06 bits per heavy atom. The van der Waals surface area contributed by atoms with Crippen molar-refractivity contribution in [2.75, 3.05) is 7.05 Å². The molecule has 3 heteroatoms. The molecule has 0 atom stereocenters. The molecule has 0 unspecified atom stereocenters. The van der Waals surface area contributed by atoms with Crippen LogP contribution in [0.2, 0.25) is 0 Å². The minimum absolute atomic E-state index is 0.430. The first-order valence-corrected chi connectivity index (χ1v) is 7.03. The Hall–Kier alpha value is -0.800. The maximum atomic E-state index is 5.95. The second kappa shape index (κ2) is 6.39. The third kappa shape index (κ3) is 3.59.